The van der Waals surface area contributed by atoms with Gasteiger partial charge in [-0.1, -0.05) is 19.1 Å². The maximum absolute atomic E-state index is 12.5. The van der Waals surface area contributed by atoms with E-state index < -0.39 is 5.54 Å². The molecule has 0 heterocycles. The van der Waals surface area contributed by atoms with Gasteiger partial charge in [-0.25, -0.2) is 0 Å². The van der Waals surface area contributed by atoms with Crippen molar-refractivity contribution in [2.24, 2.45) is 11.7 Å². The van der Waals surface area contributed by atoms with Crippen LogP contribution in [0, 0.1) is 12.8 Å². The largest absolute Gasteiger partial charge is 0.508 e. The molecule has 0 radical (unpaired) electrons. The van der Waals surface area contributed by atoms with E-state index in [1.165, 1.54) is 6.07 Å². The van der Waals surface area contributed by atoms with Gasteiger partial charge in [0, 0.05) is 5.56 Å². The van der Waals surface area contributed by atoms with E-state index in [0.29, 0.717) is 22.0 Å². The van der Waals surface area contributed by atoms with Crippen LogP contribution < -0.4 is 11.1 Å². The van der Waals surface area contributed by atoms with Gasteiger partial charge >= 0.3 is 0 Å². The van der Waals surface area contributed by atoms with Gasteiger partial charge in [-0.15, -0.1) is 0 Å². The molecule has 114 valence electrons. The number of nitrogens with one attached hydrogen (secondary N) is 1. The SMILES string of the molecule is Cc1cc(C(=O)NC2(C(N)=S)CCC(C)CC2)ccc1O. The van der Waals surface area contributed by atoms with E-state index in [9.17, 15) is 9.90 Å². The molecule has 4 nitrogen and oxygen atoms in total. The smallest absolute Gasteiger partial charge is 0.252 e. The van der Waals surface area contributed by atoms with E-state index in [0.717, 1.165) is 25.7 Å². The first kappa shape index (κ1) is 15.8. The van der Waals surface area contributed by atoms with Gasteiger partial charge in [-0.2, -0.15) is 0 Å². The first-order chi connectivity index (χ1) is 9.84. The number of aryl methyl sites for hydroxylation is 1. The van der Waals surface area contributed by atoms with Gasteiger partial charge < -0.3 is 16.2 Å². The summed E-state index contributed by atoms with van der Waals surface area (Å²) >= 11 is 5.20. The molecule has 1 fully saturated rings. The molecule has 0 bridgehead atoms. The molecule has 0 unspecified atom stereocenters. The number of benzene rings is 1. The first-order valence-corrected chi connectivity index (χ1v) is 7.67. The summed E-state index contributed by atoms with van der Waals surface area (Å²) in [5, 5.41) is 12.6. The van der Waals surface area contributed by atoms with E-state index in [2.05, 4.69) is 12.2 Å². The second-order valence-electron chi connectivity index (χ2n) is 6.08. The molecule has 4 N–H and O–H groups in total. The Morgan fingerprint density at radius 3 is 2.57 bits per heavy atom. The van der Waals surface area contributed by atoms with Crippen LogP contribution in [0.2, 0.25) is 0 Å². The quantitative estimate of drug-likeness (QED) is 0.751. The normalized spacial score (nSPS) is 25.3. The number of thiocarbonyl (C=S) groups is 1. The summed E-state index contributed by atoms with van der Waals surface area (Å²) in [6, 6.07) is 4.81. The van der Waals surface area contributed by atoms with Crippen molar-refractivity contribution in [1.29, 1.82) is 0 Å². The lowest BCUT2D eigenvalue weighted by Crippen LogP contribution is -2.58. The molecule has 1 amide bonds. The lowest BCUT2D eigenvalue weighted by Gasteiger charge is -2.39. The number of rotatable bonds is 3. The predicted octanol–water partition coefficient (Wildman–Crippen LogP) is 2.67. The molecular formula is C16H22N2O2S. The summed E-state index contributed by atoms with van der Waals surface area (Å²) in [6.07, 6.45) is 3.58. The van der Waals surface area contributed by atoms with Gasteiger partial charge in [0.2, 0.25) is 0 Å². The van der Waals surface area contributed by atoms with Gasteiger partial charge in [-0.05, 0) is 62.3 Å². The minimum atomic E-state index is -0.579. The van der Waals surface area contributed by atoms with Gasteiger partial charge in [0.25, 0.3) is 5.91 Å². The van der Waals surface area contributed by atoms with Crippen LogP contribution in [0.5, 0.6) is 5.75 Å². The molecule has 1 saturated carbocycles. The molecule has 1 aliphatic carbocycles. The Morgan fingerprint density at radius 1 is 1.43 bits per heavy atom. The summed E-state index contributed by atoms with van der Waals surface area (Å²) < 4.78 is 0. The Bertz CT molecular complexity index is 563. The Labute approximate surface area is 130 Å². The van der Waals surface area contributed by atoms with Crippen LogP contribution in [0.15, 0.2) is 18.2 Å². The van der Waals surface area contributed by atoms with Crippen molar-refractivity contribution < 1.29 is 9.90 Å². The minimum Gasteiger partial charge on any atom is -0.508 e. The molecule has 1 aliphatic rings. The Balaban J connectivity index is 2.19. The molecule has 0 atom stereocenters. The fourth-order valence-corrected chi connectivity index (χ4v) is 3.03. The summed E-state index contributed by atoms with van der Waals surface area (Å²) in [7, 11) is 0. The molecule has 5 heteroatoms. The Morgan fingerprint density at radius 2 is 2.05 bits per heavy atom. The van der Waals surface area contributed by atoms with E-state index in [1.54, 1.807) is 19.1 Å². The van der Waals surface area contributed by atoms with E-state index in [-0.39, 0.29) is 11.7 Å². The number of carbonyl (C=O) groups is 1. The third-order valence-electron chi connectivity index (χ3n) is 4.41. The zero-order valence-electron chi connectivity index (χ0n) is 12.5. The van der Waals surface area contributed by atoms with E-state index in [1.807, 2.05) is 0 Å². The van der Waals surface area contributed by atoms with Crippen molar-refractivity contribution in [3.8, 4) is 5.75 Å². The average molecular weight is 306 g/mol. The van der Waals surface area contributed by atoms with Crippen LogP contribution in [-0.4, -0.2) is 21.5 Å². The van der Waals surface area contributed by atoms with Crippen LogP contribution in [0.1, 0.15) is 48.5 Å². The van der Waals surface area contributed by atoms with E-state index in [4.69, 9.17) is 18.0 Å². The van der Waals surface area contributed by atoms with Crippen LogP contribution in [-0.2, 0) is 0 Å². The third-order valence-corrected chi connectivity index (χ3v) is 4.80. The van der Waals surface area contributed by atoms with Gasteiger partial charge in [0.1, 0.15) is 5.75 Å². The number of phenols is 1. The monoisotopic (exact) mass is 306 g/mol. The van der Waals surface area contributed by atoms with Crippen molar-refractivity contribution >= 4 is 23.1 Å². The number of nitrogens with two attached hydrogens (primary N) is 1. The number of hydrogen-bond acceptors (Lipinski definition) is 3. The molecule has 0 aliphatic heterocycles. The Kier molecular flexibility index (Phi) is 4.52. The minimum absolute atomic E-state index is 0.183. The maximum Gasteiger partial charge on any atom is 0.252 e. The first-order valence-electron chi connectivity index (χ1n) is 7.26. The molecule has 1 aromatic carbocycles. The lowest BCUT2D eigenvalue weighted by molar-refractivity contribution is 0.0900. The second kappa shape index (κ2) is 6.02. The number of aromatic hydroxyl groups is 1. The topological polar surface area (TPSA) is 75.4 Å². The fourth-order valence-electron chi connectivity index (χ4n) is 2.77. The molecule has 2 rings (SSSR count). The van der Waals surface area contributed by atoms with Crippen LogP contribution in [0.3, 0.4) is 0 Å². The predicted molar refractivity (Wildman–Crippen MR) is 87.5 cm³/mol. The van der Waals surface area contributed by atoms with Crippen molar-refractivity contribution in [3.63, 3.8) is 0 Å². The number of phenolic OH excluding ortho intramolecular Hbond substituents is 1. The highest BCUT2D eigenvalue weighted by Gasteiger charge is 2.38. The van der Waals surface area contributed by atoms with Gasteiger partial charge in [-0.3, -0.25) is 4.79 Å². The zero-order chi connectivity index (χ0) is 15.6. The molecule has 1 aromatic rings. The standard InChI is InChI=1S/C16H22N2O2S/c1-10-5-7-16(8-6-10,15(17)21)18-14(20)12-3-4-13(19)11(2)9-12/h3-4,9-10,19H,5-8H2,1-2H3,(H2,17,21)(H,18,20). The van der Waals surface area contributed by atoms with Crippen molar-refractivity contribution in [2.45, 2.75) is 45.1 Å². The number of hydrogen-bond donors (Lipinski definition) is 3. The molecule has 21 heavy (non-hydrogen) atoms. The summed E-state index contributed by atoms with van der Waals surface area (Å²) in [5.41, 5.74) is 6.51. The van der Waals surface area contributed by atoms with Gasteiger partial charge in [0.05, 0.1) is 10.5 Å². The Hall–Kier alpha value is -1.62. The molecule has 0 spiro atoms. The zero-order valence-corrected chi connectivity index (χ0v) is 13.3. The van der Waals surface area contributed by atoms with Crippen LogP contribution >= 0.6 is 12.2 Å². The summed E-state index contributed by atoms with van der Waals surface area (Å²) in [4.78, 5) is 12.8. The van der Waals surface area contributed by atoms with Gasteiger partial charge in [0.15, 0.2) is 0 Å². The van der Waals surface area contributed by atoms with Crippen molar-refractivity contribution in [3.05, 3.63) is 29.3 Å². The number of amides is 1. The highest BCUT2D eigenvalue weighted by atomic mass is 32.1. The highest BCUT2D eigenvalue weighted by Crippen LogP contribution is 2.32. The lowest BCUT2D eigenvalue weighted by atomic mass is 9.77. The third kappa shape index (κ3) is 3.35. The molecular weight excluding hydrogens is 284 g/mol. The van der Waals surface area contributed by atoms with E-state index >= 15 is 0 Å². The maximum atomic E-state index is 12.5. The van der Waals surface area contributed by atoms with Crippen molar-refractivity contribution in [2.75, 3.05) is 0 Å². The average Bonchev–Trinajstić information content (AvgIpc) is 2.44. The fraction of sp³-hybridized carbons (Fsp3) is 0.500. The van der Waals surface area contributed by atoms with Crippen LogP contribution in [0.4, 0.5) is 0 Å². The molecule has 0 saturated heterocycles. The summed E-state index contributed by atoms with van der Waals surface area (Å²) in [6.45, 7) is 3.96. The van der Waals surface area contributed by atoms with Crippen molar-refractivity contribution in [1.82, 2.24) is 5.32 Å². The highest BCUT2D eigenvalue weighted by molar-refractivity contribution is 7.80. The number of carbonyl (C=O) groups excluding carboxylic acids is 1. The van der Waals surface area contributed by atoms with Crippen LogP contribution in [0.25, 0.3) is 0 Å². The molecule has 0 aromatic heterocycles. The summed E-state index contributed by atoms with van der Waals surface area (Å²) in [5.74, 6) is 0.628. The second-order valence-corrected chi connectivity index (χ2v) is 6.52.